The number of nitrogens with one attached hydrogen (secondary N) is 1. The van der Waals surface area contributed by atoms with Crippen molar-refractivity contribution in [3.63, 3.8) is 0 Å². The molecule has 3 heterocycles. The number of thiophene rings is 1. The second-order valence-corrected chi connectivity index (χ2v) is 6.38. The summed E-state index contributed by atoms with van der Waals surface area (Å²) in [5, 5.41) is 7.38. The standard InChI is InChI=1S/C14H13N5O2S/c1-7-2-5-9-11(15)12(22-14(9)16-7)13(20)17-10-6-19(18-21-10)8-3-4-8/h2,5-6,8H,3-4H2,1H3,(H2-,15,17,18,20)/p+1. The van der Waals surface area contributed by atoms with E-state index < -0.39 is 0 Å². The maximum atomic E-state index is 12.4. The van der Waals surface area contributed by atoms with Crippen LogP contribution in [0.25, 0.3) is 10.2 Å². The molecule has 22 heavy (non-hydrogen) atoms. The van der Waals surface area contributed by atoms with E-state index in [1.807, 2.05) is 19.1 Å². The van der Waals surface area contributed by atoms with Gasteiger partial charge in [0.05, 0.1) is 5.69 Å². The third-order valence-corrected chi connectivity index (χ3v) is 4.69. The first-order valence-corrected chi connectivity index (χ1v) is 7.78. The monoisotopic (exact) mass is 316 g/mol. The Morgan fingerprint density at radius 1 is 1.50 bits per heavy atom. The molecule has 1 saturated carbocycles. The van der Waals surface area contributed by atoms with Crippen LogP contribution in [0.4, 0.5) is 11.6 Å². The maximum Gasteiger partial charge on any atom is 0.302 e. The van der Waals surface area contributed by atoms with Gasteiger partial charge in [-0.25, -0.2) is 4.98 Å². The van der Waals surface area contributed by atoms with Crippen LogP contribution >= 0.6 is 11.3 Å². The third-order valence-electron chi connectivity index (χ3n) is 3.58. The van der Waals surface area contributed by atoms with Gasteiger partial charge in [-0.3, -0.25) is 14.6 Å². The summed E-state index contributed by atoms with van der Waals surface area (Å²) in [5.41, 5.74) is 7.40. The van der Waals surface area contributed by atoms with Crippen LogP contribution in [0.3, 0.4) is 0 Å². The average molecular weight is 316 g/mol. The Labute approximate surface area is 129 Å². The van der Waals surface area contributed by atoms with Crippen molar-refractivity contribution in [2.24, 2.45) is 0 Å². The van der Waals surface area contributed by atoms with Gasteiger partial charge in [0.15, 0.2) is 6.04 Å². The van der Waals surface area contributed by atoms with Crippen LogP contribution in [0.15, 0.2) is 22.9 Å². The first-order chi connectivity index (χ1) is 10.6. The summed E-state index contributed by atoms with van der Waals surface area (Å²) in [7, 11) is 0. The highest BCUT2D eigenvalue weighted by molar-refractivity contribution is 7.21. The number of aryl methyl sites for hydroxylation is 1. The first kappa shape index (κ1) is 13.2. The fourth-order valence-corrected chi connectivity index (χ4v) is 3.29. The van der Waals surface area contributed by atoms with Gasteiger partial charge < -0.3 is 5.73 Å². The summed E-state index contributed by atoms with van der Waals surface area (Å²) in [5.74, 6) is 0.00939. The summed E-state index contributed by atoms with van der Waals surface area (Å²) < 4.78 is 6.85. The molecule has 0 aliphatic heterocycles. The number of hydrogen-bond donors (Lipinski definition) is 2. The predicted molar refractivity (Wildman–Crippen MR) is 81.7 cm³/mol. The molecule has 1 aliphatic carbocycles. The van der Waals surface area contributed by atoms with E-state index in [0.29, 0.717) is 22.5 Å². The molecule has 0 saturated heterocycles. The number of pyridine rings is 1. The quantitative estimate of drug-likeness (QED) is 0.721. The third kappa shape index (κ3) is 2.21. The zero-order chi connectivity index (χ0) is 15.3. The molecule has 7 nitrogen and oxygen atoms in total. The summed E-state index contributed by atoms with van der Waals surface area (Å²) in [6.07, 6.45) is 3.89. The van der Waals surface area contributed by atoms with Crippen LogP contribution < -0.4 is 15.7 Å². The molecule has 0 bridgehead atoms. The summed E-state index contributed by atoms with van der Waals surface area (Å²) in [6, 6.07) is 4.16. The molecule has 0 radical (unpaired) electrons. The molecule has 1 amide bonds. The van der Waals surface area contributed by atoms with E-state index in [1.54, 1.807) is 10.9 Å². The number of aromatic nitrogens is 3. The topological polar surface area (TPSA) is 97.9 Å². The molecule has 8 heteroatoms. The number of amides is 1. The Morgan fingerprint density at radius 3 is 3.09 bits per heavy atom. The molecule has 1 aliphatic rings. The van der Waals surface area contributed by atoms with E-state index in [4.69, 9.17) is 10.3 Å². The van der Waals surface area contributed by atoms with Gasteiger partial charge in [-0.05, 0) is 23.7 Å². The first-order valence-electron chi connectivity index (χ1n) is 6.97. The van der Waals surface area contributed by atoms with E-state index in [2.05, 4.69) is 15.6 Å². The van der Waals surface area contributed by atoms with Crippen molar-refractivity contribution >= 4 is 39.0 Å². The van der Waals surface area contributed by atoms with Crippen LogP contribution in [-0.2, 0) is 0 Å². The fourth-order valence-electron chi connectivity index (χ4n) is 2.25. The molecule has 112 valence electrons. The predicted octanol–water partition coefficient (Wildman–Crippen LogP) is 2.05. The highest BCUT2D eigenvalue weighted by Gasteiger charge is 2.36. The zero-order valence-electron chi connectivity index (χ0n) is 11.9. The van der Waals surface area contributed by atoms with Gasteiger partial charge in [0.2, 0.25) is 5.27 Å². The molecule has 3 aromatic rings. The van der Waals surface area contributed by atoms with Crippen LogP contribution in [0.2, 0.25) is 0 Å². The largest absolute Gasteiger partial charge is 0.397 e. The van der Waals surface area contributed by atoms with Crippen molar-refractivity contribution in [3.8, 4) is 0 Å². The Hall–Kier alpha value is -2.48. The average Bonchev–Trinajstić information content (AvgIpc) is 3.16. The van der Waals surface area contributed by atoms with E-state index in [-0.39, 0.29) is 5.91 Å². The molecule has 3 N–H and O–H groups in total. The Morgan fingerprint density at radius 2 is 2.32 bits per heavy atom. The molecular weight excluding hydrogens is 302 g/mol. The molecular formula is C14H14N5O2S+. The second-order valence-electron chi connectivity index (χ2n) is 5.38. The lowest BCUT2D eigenvalue weighted by molar-refractivity contribution is -0.765. The maximum absolute atomic E-state index is 12.4. The van der Waals surface area contributed by atoms with Crippen molar-refractivity contribution in [1.29, 1.82) is 0 Å². The van der Waals surface area contributed by atoms with Crippen LogP contribution in [0.1, 0.15) is 34.2 Å². The minimum absolute atomic E-state index is 0.308. The van der Waals surface area contributed by atoms with Crippen LogP contribution in [0, 0.1) is 6.92 Å². The summed E-state index contributed by atoms with van der Waals surface area (Å²) >= 11 is 1.27. The minimum Gasteiger partial charge on any atom is -0.397 e. The van der Waals surface area contributed by atoms with Gasteiger partial charge in [0, 0.05) is 23.9 Å². The molecule has 0 unspecified atom stereocenters. The number of nitrogen functional groups attached to an aromatic ring is 1. The van der Waals surface area contributed by atoms with E-state index in [9.17, 15) is 4.79 Å². The number of nitrogens with two attached hydrogens (primary N) is 1. The fraction of sp³-hybridized carbons (Fsp3) is 0.286. The van der Waals surface area contributed by atoms with Crippen molar-refractivity contribution < 1.29 is 14.0 Å². The minimum atomic E-state index is -0.308. The molecule has 3 aromatic heterocycles. The van der Waals surface area contributed by atoms with Crippen molar-refractivity contribution in [2.75, 3.05) is 11.1 Å². The molecule has 1 fully saturated rings. The number of rotatable bonds is 3. The van der Waals surface area contributed by atoms with Gasteiger partial charge in [0.25, 0.3) is 12.1 Å². The number of hydrogen-bond acceptors (Lipinski definition) is 6. The van der Waals surface area contributed by atoms with Gasteiger partial charge in [-0.1, -0.05) is 0 Å². The van der Waals surface area contributed by atoms with Gasteiger partial charge in [0.1, 0.15) is 9.71 Å². The lowest BCUT2D eigenvalue weighted by Crippen LogP contribution is -2.32. The van der Waals surface area contributed by atoms with Crippen molar-refractivity contribution in [3.05, 3.63) is 28.9 Å². The number of anilines is 2. The number of carbonyl (C=O) groups is 1. The number of fused-ring (bicyclic) bond motifs is 1. The van der Waals surface area contributed by atoms with Gasteiger partial charge in [-0.15, -0.1) is 11.3 Å². The molecule has 4 rings (SSSR count). The number of nitrogens with zero attached hydrogens (tertiary/aromatic N) is 3. The van der Waals surface area contributed by atoms with E-state index in [1.165, 1.54) is 11.3 Å². The molecule has 0 atom stereocenters. The van der Waals surface area contributed by atoms with Gasteiger partial charge in [-0.2, -0.15) is 0 Å². The Balaban J connectivity index is 1.62. The SMILES string of the molecule is Cc1ccc2c(N)c(C(=O)Nc3c[n+](C4CC4)no3)sc2n1. The second kappa shape index (κ2) is 4.77. The van der Waals surface area contributed by atoms with E-state index in [0.717, 1.165) is 28.8 Å². The molecule has 0 spiro atoms. The Kier molecular flexibility index (Phi) is 2.86. The zero-order valence-corrected chi connectivity index (χ0v) is 12.7. The highest BCUT2D eigenvalue weighted by atomic mass is 32.1. The van der Waals surface area contributed by atoms with E-state index >= 15 is 0 Å². The number of carbonyl (C=O) groups excluding carboxylic acids is 1. The lowest BCUT2D eigenvalue weighted by Gasteiger charge is -1.97. The van der Waals surface area contributed by atoms with Crippen LogP contribution in [0.5, 0.6) is 0 Å². The summed E-state index contributed by atoms with van der Waals surface area (Å²) in [6.45, 7) is 1.90. The Bertz CT molecular complexity index is 881. The van der Waals surface area contributed by atoms with Crippen LogP contribution in [-0.4, -0.2) is 16.2 Å². The van der Waals surface area contributed by atoms with Crippen molar-refractivity contribution in [2.45, 2.75) is 25.8 Å². The smallest absolute Gasteiger partial charge is 0.302 e. The lowest BCUT2D eigenvalue weighted by atomic mass is 10.2. The molecule has 0 aromatic carbocycles. The highest BCUT2D eigenvalue weighted by Crippen LogP contribution is 2.33. The normalized spacial score (nSPS) is 14.4. The summed E-state index contributed by atoms with van der Waals surface area (Å²) in [4.78, 5) is 18.0. The van der Waals surface area contributed by atoms with Crippen molar-refractivity contribution in [1.82, 2.24) is 10.3 Å². The van der Waals surface area contributed by atoms with Gasteiger partial charge >= 0.3 is 5.88 Å².